The van der Waals surface area contributed by atoms with E-state index in [0.717, 1.165) is 0 Å². The number of allylic oxidation sites excluding steroid dienone is 1. The first kappa shape index (κ1) is 25.8. The van der Waals surface area contributed by atoms with Gasteiger partial charge in [0.1, 0.15) is 6.54 Å². The molecule has 2 aromatic carbocycles. The minimum Gasteiger partial charge on any atom is -0.288 e. The highest BCUT2D eigenvalue weighted by Gasteiger charge is 2.45. The lowest BCUT2D eigenvalue weighted by atomic mass is 9.81. The summed E-state index contributed by atoms with van der Waals surface area (Å²) in [7, 11) is -8.59. The van der Waals surface area contributed by atoms with Gasteiger partial charge in [0.2, 0.25) is 11.6 Å². The molecule has 0 saturated carbocycles. The van der Waals surface area contributed by atoms with Crippen LogP contribution in [0, 0.1) is 0 Å². The zero-order valence-corrected chi connectivity index (χ0v) is 20.7. The van der Waals surface area contributed by atoms with E-state index in [2.05, 4.69) is 0 Å². The Balaban J connectivity index is 2.11. The maximum atomic E-state index is 12.3. The van der Waals surface area contributed by atoms with Gasteiger partial charge in [0.05, 0.1) is 16.1 Å². The smallest absolute Gasteiger partial charge is 0.288 e. The highest BCUT2D eigenvalue weighted by atomic mass is 32.2. The lowest BCUT2D eigenvalue weighted by Crippen LogP contribution is -2.30. The minimum atomic E-state index is -4.43. The molecule has 0 atom stereocenters. The van der Waals surface area contributed by atoms with Gasteiger partial charge in [-0.25, -0.2) is 0 Å². The molecule has 1 aliphatic rings. The lowest BCUT2D eigenvalue weighted by molar-refractivity contribution is -0.437. The molecule has 11 heteroatoms. The second-order valence-electron chi connectivity index (χ2n) is 8.50. The molecule has 0 spiro atoms. The Kier molecular flexibility index (Phi) is 7.13. The first-order valence-corrected chi connectivity index (χ1v) is 13.5. The number of rotatable bonds is 8. The van der Waals surface area contributed by atoms with E-state index in [0.29, 0.717) is 22.6 Å². The third-order valence-corrected chi connectivity index (χ3v) is 7.35. The monoisotopic (exact) mass is 507 g/mol. The van der Waals surface area contributed by atoms with Gasteiger partial charge in [-0.15, -0.1) is 0 Å². The summed E-state index contributed by atoms with van der Waals surface area (Å²) in [6.45, 7) is 5.37. The molecule has 0 saturated heterocycles. The van der Waals surface area contributed by atoms with Crippen LogP contribution < -0.4 is 4.90 Å². The molecule has 34 heavy (non-hydrogen) atoms. The SMILES string of the molecule is CC(=O)N(/C=C/C1=[N+](CCCS(=O)(=O)O)c2ccc(S(=O)(=O)O)cc2C1(C)C)c1ccccc1. The van der Waals surface area contributed by atoms with E-state index < -0.39 is 31.4 Å². The predicted octanol–water partition coefficient (Wildman–Crippen LogP) is 3.15. The Hall–Kier alpha value is -2.86. The number of amides is 1. The Labute approximate surface area is 199 Å². The van der Waals surface area contributed by atoms with Crippen LogP contribution in [0.1, 0.15) is 32.8 Å². The lowest BCUT2D eigenvalue weighted by Gasteiger charge is -2.19. The van der Waals surface area contributed by atoms with Gasteiger partial charge in [0, 0.05) is 42.9 Å². The van der Waals surface area contributed by atoms with Crippen molar-refractivity contribution in [2.45, 2.75) is 37.5 Å². The van der Waals surface area contributed by atoms with Gasteiger partial charge in [-0.3, -0.25) is 18.8 Å². The van der Waals surface area contributed by atoms with Crippen LogP contribution >= 0.6 is 0 Å². The number of anilines is 1. The molecule has 9 nitrogen and oxygen atoms in total. The van der Waals surface area contributed by atoms with Gasteiger partial charge in [0.15, 0.2) is 5.71 Å². The van der Waals surface area contributed by atoms with E-state index in [4.69, 9.17) is 4.55 Å². The number of hydrogen-bond donors (Lipinski definition) is 2. The molecule has 2 aromatic rings. The van der Waals surface area contributed by atoms with E-state index in [1.165, 1.54) is 24.0 Å². The zero-order valence-electron chi connectivity index (χ0n) is 19.0. The van der Waals surface area contributed by atoms with Crippen LogP contribution in [-0.4, -0.2) is 54.4 Å². The van der Waals surface area contributed by atoms with Gasteiger partial charge < -0.3 is 0 Å². The van der Waals surface area contributed by atoms with Gasteiger partial charge in [-0.2, -0.15) is 21.4 Å². The number of carbonyl (C=O) groups is 1. The number of nitrogens with zero attached hydrogens (tertiary/aromatic N) is 2. The van der Waals surface area contributed by atoms with Crippen molar-refractivity contribution in [3.05, 3.63) is 66.4 Å². The van der Waals surface area contributed by atoms with E-state index >= 15 is 0 Å². The van der Waals surface area contributed by atoms with Crippen molar-refractivity contribution in [3.8, 4) is 0 Å². The number of fused-ring (bicyclic) bond motifs is 1. The summed E-state index contributed by atoms with van der Waals surface area (Å²) in [5.74, 6) is -0.661. The molecule has 1 amide bonds. The van der Waals surface area contributed by atoms with E-state index in [1.807, 2.05) is 24.5 Å². The molecule has 3 rings (SSSR count). The van der Waals surface area contributed by atoms with Crippen molar-refractivity contribution < 1.29 is 35.3 Å². The molecule has 0 bridgehead atoms. The minimum absolute atomic E-state index is 0.112. The van der Waals surface area contributed by atoms with E-state index in [-0.39, 0.29) is 23.8 Å². The number of para-hydroxylation sites is 1. The summed E-state index contributed by atoms with van der Waals surface area (Å²) < 4.78 is 66.4. The van der Waals surface area contributed by atoms with Crippen LogP contribution in [-0.2, 0) is 30.4 Å². The van der Waals surface area contributed by atoms with Crippen molar-refractivity contribution in [1.29, 1.82) is 0 Å². The summed E-state index contributed by atoms with van der Waals surface area (Å²) in [5, 5.41) is 0. The highest BCUT2D eigenvalue weighted by molar-refractivity contribution is 7.86. The second kappa shape index (κ2) is 9.41. The molecule has 0 unspecified atom stereocenters. The van der Waals surface area contributed by atoms with Crippen LogP contribution in [0.2, 0.25) is 0 Å². The molecule has 0 aliphatic carbocycles. The zero-order chi connectivity index (χ0) is 25.3. The van der Waals surface area contributed by atoms with Crippen molar-refractivity contribution in [2.75, 3.05) is 17.2 Å². The summed E-state index contributed by atoms with van der Waals surface area (Å²) >= 11 is 0. The first-order chi connectivity index (χ1) is 15.7. The normalized spacial score (nSPS) is 15.6. The number of carbonyl (C=O) groups excluding carboxylic acids is 1. The average molecular weight is 508 g/mol. The third-order valence-electron chi connectivity index (χ3n) is 5.70. The van der Waals surface area contributed by atoms with Crippen LogP contribution in [0.5, 0.6) is 0 Å². The van der Waals surface area contributed by atoms with Crippen molar-refractivity contribution in [3.63, 3.8) is 0 Å². The molecule has 2 N–H and O–H groups in total. The first-order valence-electron chi connectivity index (χ1n) is 10.5. The van der Waals surface area contributed by atoms with E-state index in [9.17, 15) is 26.2 Å². The largest absolute Gasteiger partial charge is 0.294 e. The molecule has 0 aromatic heterocycles. The summed E-state index contributed by atoms with van der Waals surface area (Å²) in [5.41, 5.74) is 1.85. The fraction of sp³-hybridized carbons (Fsp3) is 0.304. The maximum Gasteiger partial charge on any atom is 0.294 e. The Morgan fingerprint density at radius 2 is 1.71 bits per heavy atom. The fourth-order valence-corrected chi connectivity index (χ4v) is 5.07. The quantitative estimate of drug-likeness (QED) is 0.414. The predicted molar refractivity (Wildman–Crippen MR) is 129 cm³/mol. The third kappa shape index (κ3) is 5.61. The standard InChI is InChI=1S/C23H26N2O7S2/c1-17(26)24(18-8-5-4-6-9-18)14-12-22-23(2,3)20-16-19(34(30,31)32)10-11-21(20)25(22)13-7-15-33(27,28)29/h4-6,8-12,14,16H,7,13,15H2,1-3H3,(H-,27,28,29,30,31,32)/p+1. The molecular weight excluding hydrogens is 480 g/mol. The van der Waals surface area contributed by atoms with Gasteiger partial charge in [-0.05, 0) is 38.1 Å². The highest BCUT2D eigenvalue weighted by Crippen LogP contribution is 2.41. The van der Waals surface area contributed by atoms with Crippen molar-refractivity contribution >= 4 is 43.2 Å². The fourth-order valence-electron chi connectivity index (χ4n) is 4.07. The Morgan fingerprint density at radius 3 is 2.26 bits per heavy atom. The topological polar surface area (TPSA) is 132 Å². The average Bonchev–Trinajstić information content (AvgIpc) is 2.93. The molecular formula is C23H27N2O7S2+. The second-order valence-corrected chi connectivity index (χ2v) is 11.5. The van der Waals surface area contributed by atoms with Crippen molar-refractivity contribution in [2.24, 2.45) is 0 Å². The number of hydrogen-bond acceptors (Lipinski definition) is 5. The van der Waals surface area contributed by atoms with Crippen LogP contribution in [0.3, 0.4) is 0 Å². The summed E-state index contributed by atoms with van der Waals surface area (Å²) in [6.07, 6.45) is 3.45. The Bertz CT molecular complexity index is 1380. The van der Waals surface area contributed by atoms with Gasteiger partial charge in [0.25, 0.3) is 20.2 Å². The van der Waals surface area contributed by atoms with Crippen LogP contribution in [0.25, 0.3) is 0 Å². The van der Waals surface area contributed by atoms with Crippen LogP contribution in [0.4, 0.5) is 11.4 Å². The molecule has 1 heterocycles. The molecule has 0 fully saturated rings. The summed E-state index contributed by atoms with van der Waals surface area (Å²) in [4.78, 5) is 13.5. The van der Waals surface area contributed by atoms with Gasteiger partial charge >= 0.3 is 0 Å². The molecule has 1 aliphatic heterocycles. The van der Waals surface area contributed by atoms with Crippen LogP contribution in [0.15, 0.2) is 65.7 Å². The Morgan fingerprint density at radius 1 is 1.06 bits per heavy atom. The number of benzene rings is 2. The maximum absolute atomic E-state index is 12.3. The molecule has 0 radical (unpaired) electrons. The van der Waals surface area contributed by atoms with Crippen molar-refractivity contribution in [1.82, 2.24) is 0 Å². The molecule has 182 valence electrons. The van der Waals surface area contributed by atoms with Gasteiger partial charge in [-0.1, -0.05) is 18.2 Å². The summed E-state index contributed by atoms with van der Waals surface area (Å²) in [6, 6.07) is 13.2. The van der Waals surface area contributed by atoms with E-state index in [1.54, 1.807) is 42.6 Å².